The zero-order valence-electron chi connectivity index (χ0n) is 7.24. The third-order valence-electron chi connectivity index (χ3n) is 0.353. The van der Waals surface area contributed by atoms with E-state index >= 15 is 0 Å². The van der Waals surface area contributed by atoms with E-state index in [1.165, 1.54) is 0 Å². The van der Waals surface area contributed by atoms with Gasteiger partial charge in [-0.15, -0.1) is 0 Å². The molecule has 66 valence electrons. The molecular formula is C5H6F4O2. The van der Waals surface area contributed by atoms with Crippen molar-refractivity contribution in [1.82, 2.24) is 0 Å². The van der Waals surface area contributed by atoms with Gasteiger partial charge in [0.15, 0.2) is 0 Å². The molecule has 0 atom stereocenters. The number of esters is 1. The normalized spacial score (nSPS) is 11.6. The van der Waals surface area contributed by atoms with E-state index in [0.717, 1.165) is 0 Å². The van der Waals surface area contributed by atoms with E-state index in [1.807, 2.05) is 0 Å². The first-order valence-corrected chi connectivity index (χ1v) is 2.06. The molecule has 0 unspecified atom stereocenters. The Kier molecular flexibility index (Phi) is 5.14. The molecular weight excluding hydrogens is 168 g/mol. The van der Waals surface area contributed by atoms with Crippen LogP contribution in [0.4, 0.5) is 17.6 Å². The first-order chi connectivity index (χ1) is 5.68. The number of halogens is 4. The second kappa shape index (κ2) is 7.04. The van der Waals surface area contributed by atoms with Gasteiger partial charge in [0.25, 0.3) is 0 Å². The highest BCUT2D eigenvalue weighted by atomic mass is 19.4. The fourth-order valence-electron chi connectivity index (χ4n) is 0.0783. The summed E-state index contributed by atoms with van der Waals surface area (Å²) in [4.78, 5) is 9.93. The average Bonchev–Trinajstić information content (AvgIpc) is 1.84. The van der Waals surface area contributed by atoms with E-state index in [1.54, 1.807) is 0 Å². The number of alkyl halides is 3. The summed E-state index contributed by atoms with van der Waals surface area (Å²) >= 11 is 0. The Labute approximate surface area is 63.3 Å². The number of carbonyl (C=O) groups excluding carboxylic acids is 1. The summed E-state index contributed by atoms with van der Waals surface area (Å²) < 4.78 is 56.7. The van der Waals surface area contributed by atoms with E-state index in [0.29, 0.717) is 0 Å². The van der Waals surface area contributed by atoms with Gasteiger partial charge in [0.1, 0.15) is 1.37 Å². The Hall–Kier alpha value is -1.07. The molecule has 0 rings (SSSR count). The van der Waals surface area contributed by atoms with Crippen LogP contribution in [0.2, 0.25) is 0 Å². The van der Waals surface area contributed by atoms with Crippen molar-refractivity contribution in [3.63, 3.8) is 0 Å². The van der Waals surface area contributed by atoms with Gasteiger partial charge in [-0.25, -0.2) is 4.79 Å². The smallest absolute Gasteiger partial charge is 0.379 e. The summed E-state index contributed by atoms with van der Waals surface area (Å²) in [6, 6.07) is 0. The summed E-state index contributed by atoms with van der Waals surface area (Å²) in [5, 5.41) is 0. The lowest BCUT2D eigenvalue weighted by atomic mass is 10.6. The summed E-state index contributed by atoms with van der Waals surface area (Å²) in [7, 11) is -0.568. The lowest BCUT2D eigenvalue weighted by Gasteiger charge is -1.88. The van der Waals surface area contributed by atoms with Crippen LogP contribution in [0.1, 0.15) is 2.74 Å². The predicted molar refractivity (Wildman–Crippen MR) is 29.4 cm³/mol. The third-order valence-corrected chi connectivity index (χ3v) is 0.353. The highest BCUT2D eigenvalue weighted by Crippen LogP contribution is 1.91. The summed E-state index contributed by atoms with van der Waals surface area (Å²) in [6.07, 6.45) is 0. The topological polar surface area (TPSA) is 26.3 Å². The molecule has 0 bridgehead atoms. The molecule has 0 heterocycles. The Morgan fingerprint density at radius 1 is 1.73 bits per heavy atom. The van der Waals surface area contributed by atoms with Crippen LogP contribution in [0, 0.1) is 0 Å². The van der Waals surface area contributed by atoms with Gasteiger partial charge in [0, 0.05) is 0 Å². The monoisotopic (exact) mass is 176 g/mol. The van der Waals surface area contributed by atoms with Crippen molar-refractivity contribution in [3.05, 3.63) is 12.4 Å². The van der Waals surface area contributed by atoms with Crippen molar-refractivity contribution >= 4 is 5.97 Å². The van der Waals surface area contributed by atoms with Gasteiger partial charge in [-0.3, -0.25) is 0 Å². The number of hydrogen-bond acceptors (Lipinski definition) is 2. The first-order valence-electron chi connectivity index (χ1n) is 3.26. The maximum absolute atomic E-state index is 11.5. The first kappa shape index (κ1) is 8.03. The molecule has 0 spiro atoms. The molecule has 0 radical (unpaired) electrons. The molecule has 0 aliphatic carbocycles. The third kappa shape index (κ3) is 17.6. The molecule has 0 fully saturated rings. The summed E-state index contributed by atoms with van der Waals surface area (Å²) in [5.74, 6) is -2.34. The molecule has 0 aromatic heterocycles. The summed E-state index contributed by atoms with van der Waals surface area (Å²) in [6.45, 7) is -2.10. The molecule has 11 heavy (non-hydrogen) atoms. The van der Waals surface area contributed by atoms with Gasteiger partial charge in [0.05, 0.1) is 8.46 Å². The van der Waals surface area contributed by atoms with Crippen molar-refractivity contribution in [3.8, 4) is 0 Å². The second-order valence-electron chi connectivity index (χ2n) is 1.05. The molecule has 0 saturated heterocycles. The Morgan fingerprint density at radius 3 is 2.18 bits per heavy atom. The average molecular weight is 176 g/mol. The largest absolute Gasteiger partial charge is 0.464 e. The van der Waals surface area contributed by atoms with Crippen LogP contribution in [0.5, 0.6) is 0 Å². The van der Waals surface area contributed by atoms with E-state index < -0.39 is 25.5 Å². The minimum atomic E-state index is -4.75. The van der Waals surface area contributed by atoms with E-state index in [-0.39, 0.29) is 0 Å². The van der Waals surface area contributed by atoms with Crippen LogP contribution in [0.3, 0.4) is 0 Å². The van der Waals surface area contributed by atoms with Crippen LogP contribution in [-0.2, 0) is 9.53 Å². The van der Waals surface area contributed by atoms with Gasteiger partial charge in [-0.05, 0) is 0 Å². The van der Waals surface area contributed by atoms with Gasteiger partial charge in [0.2, 0.25) is 5.83 Å². The van der Waals surface area contributed by atoms with Crippen LogP contribution >= 0.6 is 0 Å². The fraction of sp³-hybridized carbons (Fsp3) is 0.400. The number of carbonyl (C=O) groups is 1. The molecule has 0 aliphatic rings. The Balaban J connectivity index is 0. The number of rotatable bonds is 1. The minimum Gasteiger partial charge on any atom is -0.464 e. The van der Waals surface area contributed by atoms with Gasteiger partial charge >= 0.3 is 12.6 Å². The van der Waals surface area contributed by atoms with Crippen molar-refractivity contribution in [2.24, 2.45) is 0 Å². The fourth-order valence-corrected chi connectivity index (χ4v) is 0.0783. The molecule has 0 aromatic rings. The molecule has 0 amide bonds. The van der Waals surface area contributed by atoms with Crippen LogP contribution in [0.25, 0.3) is 0 Å². The van der Waals surface area contributed by atoms with Crippen LogP contribution < -0.4 is 0 Å². The highest BCUT2D eigenvalue weighted by molar-refractivity contribution is 5.84. The van der Waals surface area contributed by atoms with E-state index in [9.17, 15) is 22.4 Å². The number of methoxy groups -OCH3 is 1. The van der Waals surface area contributed by atoms with E-state index in [2.05, 4.69) is 11.3 Å². The molecule has 2 nitrogen and oxygen atoms in total. The van der Waals surface area contributed by atoms with Crippen LogP contribution in [0.15, 0.2) is 12.4 Å². The number of hydrogen-bond donors (Lipinski definition) is 0. The minimum absolute atomic E-state index is 0.568. The zero-order valence-corrected chi connectivity index (χ0v) is 5.24. The molecule has 0 N–H and O–H groups in total. The lowest BCUT2D eigenvalue weighted by Crippen LogP contribution is -1.97. The van der Waals surface area contributed by atoms with Gasteiger partial charge < -0.3 is 4.74 Å². The maximum atomic E-state index is 11.5. The van der Waals surface area contributed by atoms with Gasteiger partial charge in [-0.1, -0.05) is 6.58 Å². The van der Waals surface area contributed by atoms with Crippen molar-refractivity contribution in [2.75, 3.05) is 7.09 Å². The van der Waals surface area contributed by atoms with E-state index in [4.69, 9.17) is 2.74 Å². The SMILES string of the molecule is [2H]C(F)(F)F.[2H]COC(=O)C(=C)F. The number of ether oxygens (including phenoxy) is 1. The molecule has 0 aromatic carbocycles. The zero-order chi connectivity index (χ0) is 11.1. The Morgan fingerprint density at radius 2 is 2.09 bits per heavy atom. The lowest BCUT2D eigenvalue weighted by molar-refractivity contribution is -0.137. The summed E-state index contributed by atoms with van der Waals surface area (Å²) in [5.41, 5.74) is 0. The van der Waals surface area contributed by atoms with Crippen molar-refractivity contribution in [1.29, 1.82) is 0 Å². The standard InChI is InChI=1S/C4H5FO2.CHF3/c1-3(5)4(6)7-2;2-1(3)4/h1H2,2H3;1H/i2D;1D. The van der Waals surface area contributed by atoms with Crippen molar-refractivity contribution in [2.45, 2.75) is 6.66 Å². The second-order valence-corrected chi connectivity index (χ2v) is 1.05. The Bertz CT molecular complexity index is 174. The van der Waals surface area contributed by atoms with Crippen LogP contribution in [-0.4, -0.2) is 19.7 Å². The molecule has 0 aliphatic heterocycles. The maximum Gasteiger partial charge on any atom is 0.379 e. The highest BCUT2D eigenvalue weighted by Gasteiger charge is 2.01. The molecule has 0 saturated carbocycles. The predicted octanol–water partition coefficient (Wildman–Crippen LogP) is 1.82. The van der Waals surface area contributed by atoms with Crippen molar-refractivity contribution < 1.29 is 29.8 Å². The van der Waals surface area contributed by atoms with Gasteiger partial charge in [-0.2, -0.15) is 17.6 Å². The quantitative estimate of drug-likeness (QED) is 0.346. The molecule has 6 heteroatoms.